The lowest BCUT2D eigenvalue weighted by Gasteiger charge is -2.32. The summed E-state index contributed by atoms with van der Waals surface area (Å²) in [4.78, 5) is 31.7. The zero-order valence-corrected chi connectivity index (χ0v) is 16.8. The Morgan fingerprint density at radius 2 is 2.00 bits per heavy atom. The fourth-order valence-electron chi connectivity index (χ4n) is 3.13. The van der Waals surface area contributed by atoms with Gasteiger partial charge in [0.1, 0.15) is 5.25 Å². The van der Waals surface area contributed by atoms with Gasteiger partial charge in [0.25, 0.3) is 0 Å². The first-order valence-corrected chi connectivity index (χ1v) is 10.3. The Morgan fingerprint density at radius 3 is 2.79 bits per heavy atom. The van der Waals surface area contributed by atoms with Crippen molar-refractivity contribution in [1.29, 1.82) is 0 Å². The van der Waals surface area contributed by atoms with Crippen molar-refractivity contribution in [3.05, 3.63) is 54.1 Å². The molecule has 2 aromatic carbocycles. The van der Waals surface area contributed by atoms with Crippen LogP contribution in [-0.4, -0.2) is 40.5 Å². The zero-order valence-electron chi connectivity index (χ0n) is 16.0. The van der Waals surface area contributed by atoms with E-state index in [0.29, 0.717) is 35.4 Å². The fourth-order valence-corrected chi connectivity index (χ4v) is 4.28. The molecule has 2 aliphatic rings. The lowest BCUT2D eigenvalue weighted by atomic mass is 10.1. The molecular formula is C21H21N3O4S. The molecule has 2 heterocycles. The topological polar surface area (TPSA) is 80.2 Å². The number of para-hydroxylation sites is 1. The average Bonchev–Trinajstić information content (AvgIpc) is 3.19. The van der Waals surface area contributed by atoms with Crippen molar-refractivity contribution in [3.63, 3.8) is 0 Å². The fraction of sp³-hybridized carbons (Fsp3) is 0.286. The number of thioether (sulfide) groups is 1. The van der Waals surface area contributed by atoms with Gasteiger partial charge in [-0.1, -0.05) is 36.0 Å². The first-order chi connectivity index (χ1) is 14.1. The SMILES string of the molecule is CCN=C1S[C@@H](C(=O)Nc2ccccc2)CC(=O)N1Cc1ccc2c(c1)OCO2. The maximum atomic E-state index is 12.9. The Morgan fingerprint density at radius 1 is 1.21 bits per heavy atom. The van der Waals surface area contributed by atoms with E-state index < -0.39 is 5.25 Å². The van der Waals surface area contributed by atoms with Gasteiger partial charge in [0.2, 0.25) is 18.6 Å². The molecule has 29 heavy (non-hydrogen) atoms. The number of ether oxygens (including phenoxy) is 2. The Bertz CT molecular complexity index is 948. The van der Waals surface area contributed by atoms with Gasteiger partial charge in [0, 0.05) is 18.7 Å². The second kappa shape index (κ2) is 8.57. The molecule has 0 saturated carbocycles. The molecule has 0 radical (unpaired) electrons. The molecule has 0 unspecified atom stereocenters. The predicted molar refractivity (Wildman–Crippen MR) is 112 cm³/mol. The molecule has 1 saturated heterocycles. The average molecular weight is 411 g/mol. The second-order valence-corrected chi connectivity index (χ2v) is 7.76. The van der Waals surface area contributed by atoms with E-state index in [2.05, 4.69) is 10.3 Å². The Balaban J connectivity index is 1.48. The number of fused-ring (bicyclic) bond motifs is 1. The number of hydrogen-bond acceptors (Lipinski definition) is 6. The minimum atomic E-state index is -0.513. The summed E-state index contributed by atoms with van der Waals surface area (Å²) in [6, 6.07) is 14.8. The maximum absolute atomic E-state index is 12.9. The lowest BCUT2D eigenvalue weighted by Crippen LogP contribution is -2.45. The third-order valence-corrected chi connectivity index (χ3v) is 5.77. The van der Waals surface area contributed by atoms with E-state index >= 15 is 0 Å². The van der Waals surface area contributed by atoms with Crippen LogP contribution < -0.4 is 14.8 Å². The number of aliphatic imine (C=N–C) groups is 1. The molecule has 4 rings (SSSR count). The number of benzene rings is 2. The number of amidine groups is 1. The number of nitrogens with one attached hydrogen (secondary N) is 1. The van der Waals surface area contributed by atoms with Gasteiger partial charge in [-0.25, -0.2) is 0 Å². The summed E-state index contributed by atoms with van der Waals surface area (Å²) in [7, 11) is 0. The second-order valence-electron chi connectivity index (χ2n) is 6.59. The molecule has 0 bridgehead atoms. The van der Waals surface area contributed by atoms with E-state index in [1.807, 2.05) is 55.5 Å². The highest BCUT2D eigenvalue weighted by Crippen LogP contribution is 2.34. The van der Waals surface area contributed by atoms with Crippen molar-refractivity contribution >= 4 is 34.4 Å². The van der Waals surface area contributed by atoms with E-state index in [4.69, 9.17) is 9.47 Å². The summed E-state index contributed by atoms with van der Waals surface area (Å²) in [5.74, 6) is 1.06. The quantitative estimate of drug-likeness (QED) is 0.817. The predicted octanol–water partition coefficient (Wildman–Crippen LogP) is 3.26. The van der Waals surface area contributed by atoms with Crippen LogP contribution in [0.5, 0.6) is 11.5 Å². The first kappa shape index (κ1) is 19.3. The molecular weight excluding hydrogens is 390 g/mol. The van der Waals surface area contributed by atoms with Crippen LogP contribution in [0.25, 0.3) is 0 Å². The number of carbonyl (C=O) groups excluding carboxylic acids is 2. The molecule has 1 fully saturated rings. The van der Waals surface area contributed by atoms with E-state index in [1.54, 1.807) is 4.90 Å². The van der Waals surface area contributed by atoms with Crippen molar-refractivity contribution < 1.29 is 19.1 Å². The van der Waals surface area contributed by atoms with Crippen LogP contribution in [0.2, 0.25) is 0 Å². The zero-order chi connectivity index (χ0) is 20.2. The minimum absolute atomic E-state index is 0.122. The molecule has 0 aliphatic carbocycles. The molecule has 2 amide bonds. The van der Waals surface area contributed by atoms with Crippen LogP contribution in [0, 0.1) is 0 Å². The summed E-state index contributed by atoms with van der Waals surface area (Å²) in [5, 5.41) is 2.92. The van der Waals surface area contributed by atoms with Crippen LogP contribution in [0.3, 0.4) is 0 Å². The largest absolute Gasteiger partial charge is 0.454 e. The molecule has 7 nitrogen and oxygen atoms in total. The summed E-state index contributed by atoms with van der Waals surface area (Å²) >= 11 is 1.33. The number of amides is 2. The minimum Gasteiger partial charge on any atom is -0.454 e. The van der Waals surface area contributed by atoms with Gasteiger partial charge >= 0.3 is 0 Å². The van der Waals surface area contributed by atoms with Crippen LogP contribution in [0.4, 0.5) is 5.69 Å². The van der Waals surface area contributed by atoms with Gasteiger partial charge < -0.3 is 14.8 Å². The molecule has 150 valence electrons. The number of anilines is 1. The van der Waals surface area contributed by atoms with E-state index in [-0.39, 0.29) is 25.0 Å². The van der Waals surface area contributed by atoms with E-state index in [1.165, 1.54) is 11.8 Å². The highest BCUT2D eigenvalue weighted by molar-refractivity contribution is 8.15. The number of carbonyl (C=O) groups is 2. The highest BCUT2D eigenvalue weighted by atomic mass is 32.2. The summed E-state index contributed by atoms with van der Waals surface area (Å²) in [6.45, 7) is 3.01. The van der Waals surface area contributed by atoms with Crippen molar-refractivity contribution in [3.8, 4) is 11.5 Å². The molecule has 8 heteroatoms. The summed E-state index contributed by atoms with van der Waals surface area (Å²) < 4.78 is 10.8. The monoisotopic (exact) mass is 411 g/mol. The van der Waals surface area contributed by atoms with Crippen molar-refractivity contribution in [2.45, 2.75) is 25.1 Å². The highest BCUT2D eigenvalue weighted by Gasteiger charge is 2.36. The third-order valence-electron chi connectivity index (χ3n) is 4.54. The molecule has 2 aromatic rings. The number of rotatable bonds is 5. The van der Waals surface area contributed by atoms with Gasteiger partial charge in [0.15, 0.2) is 16.7 Å². The van der Waals surface area contributed by atoms with Gasteiger partial charge in [-0.3, -0.25) is 19.5 Å². The first-order valence-electron chi connectivity index (χ1n) is 9.40. The lowest BCUT2D eigenvalue weighted by molar-refractivity contribution is -0.129. The van der Waals surface area contributed by atoms with Crippen LogP contribution >= 0.6 is 11.8 Å². The number of hydrogen-bond donors (Lipinski definition) is 1. The van der Waals surface area contributed by atoms with Crippen LogP contribution in [-0.2, 0) is 16.1 Å². The Labute approximate surface area is 173 Å². The van der Waals surface area contributed by atoms with E-state index in [9.17, 15) is 9.59 Å². The third kappa shape index (κ3) is 4.37. The summed E-state index contributed by atoms with van der Waals surface area (Å²) in [6.07, 6.45) is 0.122. The smallest absolute Gasteiger partial charge is 0.238 e. The molecule has 1 atom stereocenters. The summed E-state index contributed by atoms with van der Waals surface area (Å²) in [5.41, 5.74) is 1.63. The van der Waals surface area contributed by atoms with Gasteiger partial charge in [0.05, 0.1) is 6.54 Å². The van der Waals surface area contributed by atoms with Gasteiger partial charge in [-0.15, -0.1) is 0 Å². The van der Waals surface area contributed by atoms with Crippen LogP contribution in [0.1, 0.15) is 18.9 Å². The van der Waals surface area contributed by atoms with Crippen LogP contribution in [0.15, 0.2) is 53.5 Å². The van der Waals surface area contributed by atoms with Crippen molar-refractivity contribution in [2.75, 3.05) is 18.7 Å². The standard InChI is InChI=1S/C21H21N3O4S/c1-2-22-21-24(12-14-8-9-16-17(10-14)28-13-27-16)19(25)11-18(29-21)20(26)23-15-6-4-3-5-7-15/h3-10,18H,2,11-13H2,1H3,(H,23,26)/t18-/m1/s1. The normalized spacial score (nSPS) is 19.5. The molecule has 2 aliphatic heterocycles. The Hall–Kier alpha value is -3.00. The maximum Gasteiger partial charge on any atom is 0.238 e. The number of nitrogens with zero attached hydrogens (tertiary/aromatic N) is 2. The van der Waals surface area contributed by atoms with E-state index in [0.717, 1.165) is 5.56 Å². The molecule has 0 aromatic heterocycles. The van der Waals surface area contributed by atoms with Gasteiger partial charge in [-0.05, 0) is 36.8 Å². The van der Waals surface area contributed by atoms with Crippen molar-refractivity contribution in [2.24, 2.45) is 4.99 Å². The molecule has 0 spiro atoms. The Kier molecular flexibility index (Phi) is 5.71. The molecule has 1 N–H and O–H groups in total. The van der Waals surface area contributed by atoms with Gasteiger partial charge in [-0.2, -0.15) is 0 Å². The van der Waals surface area contributed by atoms with Crippen molar-refractivity contribution in [1.82, 2.24) is 4.90 Å².